The lowest BCUT2D eigenvalue weighted by molar-refractivity contribution is 0.0635. The third kappa shape index (κ3) is 4.17. The molecule has 0 aromatic heterocycles. The van der Waals surface area contributed by atoms with Crippen molar-refractivity contribution in [3.63, 3.8) is 0 Å². The zero-order chi connectivity index (χ0) is 14.6. The fraction of sp³-hybridized carbons (Fsp3) is 0.385. The van der Waals surface area contributed by atoms with Crippen molar-refractivity contribution in [1.29, 1.82) is 5.41 Å². The van der Waals surface area contributed by atoms with E-state index in [0.29, 0.717) is 17.0 Å². The summed E-state index contributed by atoms with van der Waals surface area (Å²) in [5, 5.41) is 10.1. The van der Waals surface area contributed by atoms with Gasteiger partial charge in [-0.15, -0.1) is 0 Å². The van der Waals surface area contributed by atoms with Crippen LogP contribution in [0.25, 0.3) is 0 Å². The molecule has 104 valence electrons. The number of para-hydroxylation sites is 1. The molecule has 6 heteroatoms. The number of amidine groups is 1. The van der Waals surface area contributed by atoms with Gasteiger partial charge in [-0.05, 0) is 32.9 Å². The number of carbonyl (C=O) groups excluding carboxylic acids is 1. The molecule has 0 atom stereocenters. The summed E-state index contributed by atoms with van der Waals surface area (Å²) in [6.45, 7) is 5.29. The van der Waals surface area contributed by atoms with Crippen LogP contribution >= 0.6 is 0 Å². The van der Waals surface area contributed by atoms with Gasteiger partial charge in [0.1, 0.15) is 17.2 Å². The number of hydrogen-bond acceptors (Lipinski definition) is 4. The van der Waals surface area contributed by atoms with Crippen molar-refractivity contribution in [3.05, 3.63) is 23.8 Å². The average molecular weight is 265 g/mol. The summed E-state index contributed by atoms with van der Waals surface area (Å²) < 4.78 is 10.3. The van der Waals surface area contributed by atoms with Crippen molar-refractivity contribution in [2.75, 3.05) is 12.4 Å². The first-order valence-electron chi connectivity index (χ1n) is 5.76. The summed E-state index contributed by atoms with van der Waals surface area (Å²) >= 11 is 0. The van der Waals surface area contributed by atoms with E-state index in [9.17, 15) is 4.79 Å². The zero-order valence-electron chi connectivity index (χ0n) is 11.5. The Balaban J connectivity index is 3.05. The van der Waals surface area contributed by atoms with Crippen molar-refractivity contribution in [1.82, 2.24) is 0 Å². The molecule has 1 rings (SSSR count). The van der Waals surface area contributed by atoms with Gasteiger partial charge in [-0.2, -0.15) is 0 Å². The third-order valence-electron chi connectivity index (χ3n) is 2.16. The molecule has 0 bridgehead atoms. The maximum absolute atomic E-state index is 11.8. The first kappa shape index (κ1) is 14.8. The fourth-order valence-electron chi connectivity index (χ4n) is 1.46. The highest BCUT2D eigenvalue weighted by Gasteiger charge is 2.19. The number of nitrogens with two attached hydrogens (primary N) is 1. The molecule has 0 saturated heterocycles. The number of anilines is 1. The fourth-order valence-corrected chi connectivity index (χ4v) is 1.46. The van der Waals surface area contributed by atoms with Crippen LogP contribution in [0.5, 0.6) is 5.75 Å². The van der Waals surface area contributed by atoms with Crippen molar-refractivity contribution in [2.24, 2.45) is 5.73 Å². The van der Waals surface area contributed by atoms with Gasteiger partial charge in [-0.25, -0.2) is 4.79 Å². The molecule has 1 amide bonds. The smallest absolute Gasteiger partial charge is 0.412 e. The minimum absolute atomic E-state index is 0.162. The van der Waals surface area contributed by atoms with Gasteiger partial charge in [0.05, 0.1) is 12.8 Å². The van der Waals surface area contributed by atoms with E-state index in [0.717, 1.165) is 0 Å². The third-order valence-corrected chi connectivity index (χ3v) is 2.16. The van der Waals surface area contributed by atoms with E-state index in [1.54, 1.807) is 39.0 Å². The highest BCUT2D eigenvalue weighted by Crippen LogP contribution is 2.28. The van der Waals surface area contributed by atoms with Crippen LogP contribution in [0.3, 0.4) is 0 Å². The van der Waals surface area contributed by atoms with Crippen LogP contribution in [-0.4, -0.2) is 24.6 Å². The van der Waals surface area contributed by atoms with Crippen molar-refractivity contribution in [2.45, 2.75) is 26.4 Å². The molecule has 0 spiro atoms. The Hall–Kier alpha value is -2.24. The predicted octanol–water partition coefficient (Wildman–Crippen LogP) is 2.33. The van der Waals surface area contributed by atoms with Crippen LogP contribution in [0.2, 0.25) is 0 Å². The van der Waals surface area contributed by atoms with Crippen molar-refractivity contribution in [3.8, 4) is 5.75 Å². The molecule has 0 aliphatic heterocycles. The molecule has 0 unspecified atom stereocenters. The lowest BCUT2D eigenvalue weighted by Gasteiger charge is -2.21. The Bertz CT molecular complexity index is 492. The number of hydrogen-bond donors (Lipinski definition) is 3. The van der Waals surface area contributed by atoms with Gasteiger partial charge in [0.2, 0.25) is 0 Å². The van der Waals surface area contributed by atoms with Crippen LogP contribution in [0, 0.1) is 5.41 Å². The van der Waals surface area contributed by atoms with Gasteiger partial charge in [-0.3, -0.25) is 10.7 Å². The SMILES string of the molecule is COc1cccc(C(=N)N)c1NC(=O)OC(C)(C)C. The molecule has 0 saturated carbocycles. The van der Waals surface area contributed by atoms with Gasteiger partial charge in [0.25, 0.3) is 0 Å². The maximum Gasteiger partial charge on any atom is 0.412 e. The van der Waals surface area contributed by atoms with E-state index in [-0.39, 0.29) is 5.84 Å². The van der Waals surface area contributed by atoms with Gasteiger partial charge in [0, 0.05) is 5.56 Å². The molecule has 19 heavy (non-hydrogen) atoms. The number of benzene rings is 1. The summed E-state index contributed by atoms with van der Waals surface area (Å²) in [5.41, 5.74) is 5.57. The van der Waals surface area contributed by atoms with Gasteiger partial charge in [-0.1, -0.05) is 6.07 Å². The molecule has 4 N–H and O–H groups in total. The van der Waals surface area contributed by atoms with E-state index in [4.69, 9.17) is 20.6 Å². The second-order valence-electron chi connectivity index (χ2n) is 4.92. The first-order chi connectivity index (χ1) is 8.74. The number of rotatable bonds is 3. The largest absolute Gasteiger partial charge is 0.495 e. The van der Waals surface area contributed by atoms with Crippen LogP contribution < -0.4 is 15.8 Å². The topological polar surface area (TPSA) is 97.4 Å². The standard InChI is InChI=1S/C13H19N3O3/c1-13(2,3)19-12(17)16-10-8(11(14)15)6-5-7-9(10)18-4/h5-7H,1-4H3,(H3,14,15)(H,16,17). The highest BCUT2D eigenvalue weighted by molar-refractivity contribution is 6.04. The summed E-state index contributed by atoms with van der Waals surface area (Å²) in [4.78, 5) is 11.8. The molecular formula is C13H19N3O3. The van der Waals surface area contributed by atoms with Crippen molar-refractivity contribution < 1.29 is 14.3 Å². The van der Waals surface area contributed by atoms with Crippen LogP contribution in [-0.2, 0) is 4.74 Å². The van der Waals surface area contributed by atoms with Crippen molar-refractivity contribution >= 4 is 17.6 Å². The second-order valence-corrected chi connectivity index (χ2v) is 4.92. The minimum Gasteiger partial charge on any atom is -0.495 e. The van der Waals surface area contributed by atoms with E-state index in [1.165, 1.54) is 7.11 Å². The Morgan fingerprint density at radius 3 is 2.47 bits per heavy atom. The van der Waals surface area contributed by atoms with Crippen LogP contribution in [0.1, 0.15) is 26.3 Å². The molecular weight excluding hydrogens is 246 g/mol. The molecule has 0 radical (unpaired) electrons. The summed E-state index contributed by atoms with van der Waals surface area (Å²) in [6.07, 6.45) is -0.625. The lowest BCUT2D eigenvalue weighted by Crippen LogP contribution is -2.28. The number of methoxy groups -OCH3 is 1. The molecule has 0 fully saturated rings. The normalized spacial score (nSPS) is 10.7. The Kier molecular flexibility index (Phi) is 4.37. The second kappa shape index (κ2) is 5.60. The number of nitrogens with one attached hydrogen (secondary N) is 2. The molecule has 0 aliphatic carbocycles. The summed E-state index contributed by atoms with van der Waals surface area (Å²) in [7, 11) is 1.47. The molecule has 0 heterocycles. The van der Waals surface area contributed by atoms with E-state index < -0.39 is 11.7 Å². The molecule has 6 nitrogen and oxygen atoms in total. The zero-order valence-corrected chi connectivity index (χ0v) is 11.5. The number of amides is 1. The molecule has 1 aromatic carbocycles. The van der Waals surface area contributed by atoms with Gasteiger partial charge in [0.15, 0.2) is 0 Å². The summed E-state index contributed by atoms with van der Waals surface area (Å²) in [5.74, 6) is 0.253. The average Bonchev–Trinajstić information content (AvgIpc) is 2.26. The predicted molar refractivity (Wildman–Crippen MR) is 73.9 cm³/mol. The maximum atomic E-state index is 11.8. The van der Waals surface area contributed by atoms with E-state index in [2.05, 4.69) is 5.32 Å². The van der Waals surface area contributed by atoms with Crippen LogP contribution in [0.4, 0.5) is 10.5 Å². The Morgan fingerprint density at radius 2 is 2.00 bits per heavy atom. The van der Waals surface area contributed by atoms with Gasteiger partial charge >= 0.3 is 6.09 Å². The van der Waals surface area contributed by atoms with Gasteiger partial charge < -0.3 is 15.2 Å². The number of ether oxygens (including phenoxy) is 2. The quantitative estimate of drug-likeness (QED) is 0.577. The molecule has 1 aromatic rings. The minimum atomic E-state index is -0.625. The summed E-state index contributed by atoms with van der Waals surface area (Å²) in [6, 6.07) is 4.98. The molecule has 0 aliphatic rings. The number of carbonyl (C=O) groups is 1. The Morgan fingerprint density at radius 1 is 1.37 bits per heavy atom. The van der Waals surface area contributed by atoms with Crippen LogP contribution in [0.15, 0.2) is 18.2 Å². The van der Waals surface area contributed by atoms with E-state index in [1.807, 2.05) is 0 Å². The van der Waals surface area contributed by atoms with E-state index >= 15 is 0 Å². The monoisotopic (exact) mass is 265 g/mol. The highest BCUT2D eigenvalue weighted by atomic mass is 16.6. The Labute approximate surface area is 112 Å². The lowest BCUT2D eigenvalue weighted by atomic mass is 10.1. The number of nitrogen functional groups attached to an aromatic ring is 1. The first-order valence-corrected chi connectivity index (χ1v) is 5.76.